The van der Waals surface area contributed by atoms with Crippen LogP contribution in [0.4, 0.5) is 0 Å². The van der Waals surface area contributed by atoms with Crippen LogP contribution in [-0.2, 0) is 73.1 Å². The van der Waals surface area contributed by atoms with Gasteiger partial charge in [0.05, 0.1) is 26.4 Å². The average Bonchev–Trinajstić information content (AvgIpc) is 2.96. The van der Waals surface area contributed by atoms with Crippen LogP contribution in [0.2, 0.25) is 0 Å². The van der Waals surface area contributed by atoms with E-state index in [1.807, 2.05) is 72.8 Å². The monoisotopic (exact) mass is 618 g/mol. The maximum Gasteiger partial charge on any atom is 2.00 e. The van der Waals surface area contributed by atoms with Gasteiger partial charge < -0.3 is 27.9 Å². The number of benzene rings is 4. The quantitative estimate of drug-likeness (QED) is 0.145. The summed E-state index contributed by atoms with van der Waals surface area (Å²) >= 11 is 0. The SMILES string of the molecule is O=P([O-])(OCc1ccccc1)OCc1ccccc1.O=P([O-])(OCc1ccccc1)OCc1ccccc1.[Zn+2]. The molecule has 11 heteroatoms. The van der Waals surface area contributed by atoms with Crippen molar-refractivity contribution in [3.8, 4) is 0 Å². The normalized spacial score (nSPS) is 11.1. The van der Waals surface area contributed by atoms with Crippen LogP contribution >= 0.6 is 15.6 Å². The molecule has 0 spiro atoms. The molecule has 0 bridgehead atoms. The topological polar surface area (TPSA) is 117 Å². The zero-order valence-corrected chi connectivity index (χ0v) is 26.0. The molecular formula is C28H28O8P2Zn. The van der Waals surface area contributed by atoms with E-state index in [2.05, 4.69) is 0 Å². The maximum absolute atomic E-state index is 11.6. The zero-order chi connectivity index (χ0) is 27.1. The Hall–Kier alpha value is -2.28. The number of hydrogen-bond donors (Lipinski definition) is 0. The molecule has 0 aromatic heterocycles. The molecule has 0 radical (unpaired) electrons. The molecule has 200 valence electrons. The Balaban J connectivity index is 0.000000267. The van der Waals surface area contributed by atoms with Crippen molar-refractivity contribution in [2.75, 3.05) is 0 Å². The first kappa shape index (κ1) is 32.9. The number of phosphoric ester groups is 2. The summed E-state index contributed by atoms with van der Waals surface area (Å²) in [5.74, 6) is 0. The molecule has 0 amide bonds. The molecular weight excluding hydrogens is 592 g/mol. The van der Waals surface area contributed by atoms with Gasteiger partial charge in [0, 0.05) is 0 Å². The Bertz CT molecular complexity index is 1100. The van der Waals surface area contributed by atoms with E-state index in [-0.39, 0.29) is 45.9 Å². The van der Waals surface area contributed by atoms with E-state index >= 15 is 0 Å². The van der Waals surface area contributed by atoms with Crippen LogP contribution in [0.1, 0.15) is 22.3 Å². The fourth-order valence-corrected chi connectivity index (χ4v) is 4.36. The van der Waals surface area contributed by atoms with Gasteiger partial charge in [0.25, 0.3) is 15.6 Å². The predicted molar refractivity (Wildman–Crippen MR) is 140 cm³/mol. The van der Waals surface area contributed by atoms with Crippen molar-refractivity contribution >= 4 is 15.6 Å². The van der Waals surface area contributed by atoms with Gasteiger partial charge in [-0.1, -0.05) is 121 Å². The standard InChI is InChI=1S/2C14H15O4P.Zn/c2*15-19(16,17-11-13-7-3-1-4-8-13)18-12-14-9-5-2-6-10-14;/h2*1-10H,11-12H2,(H,15,16);/q;;+2/p-2. The molecule has 0 unspecified atom stereocenters. The molecule has 4 aromatic carbocycles. The molecule has 0 fully saturated rings. The second-order valence-corrected chi connectivity index (χ2v) is 10.8. The summed E-state index contributed by atoms with van der Waals surface area (Å²) in [4.78, 5) is 23.1. The molecule has 0 aliphatic carbocycles. The third-order valence-corrected chi connectivity index (χ3v) is 6.71. The van der Waals surface area contributed by atoms with E-state index in [1.165, 1.54) is 0 Å². The summed E-state index contributed by atoms with van der Waals surface area (Å²) < 4.78 is 42.4. The van der Waals surface area contributed by atoms with Crippen LogP contribution < -0.4 is 9.79 Å². The van der Waals surface area contributed by atoms with Gasteiger partial charge in [-0.2, -0.15) is 0 Å². The van der Waals surface area contributed by atoms with Crippen LogP contribution in [0.5, 0.6) is 0 Å². The van der Waals surface area contributed by atoms with E-state index in [9.17, 15) is 18.9 Å². The first-order valence-electron chi connectivity index (χ1n) is 11.7. The minimum atomic E-state index is -4.27. The van der Waals surface area contributed by atoms with Gasteiger partial charge in [-0.3, -0.25) is 9.13 Å². The van der Waals surface area contributed by atoms with Gasteiger partial charge in [0.15, 0.2) is 0 Å². The van der Waals surface area contributed by atoms with Crippen LogP contribution in [0.3, 0.4) is 0 Å². The van der Waals surface area contributed by atoms with Gasteiger partial charge in [-0.05, 0) is 22.3 Å². The summed E-state index contributed by atoms with van der Waals surface area (Å²) in [5.41, 5.74) is 3.12. The Kier molecular flexibility index (Phi) is 14.7. The largest absolute Gasteiger partial charge is 2.00 e. The summed E-state index contributed by atoms with van der Waals surface area (Å²) in [6.07, 6.45) is 0. The molecule has 0 N–H and O–H groups in total. The second-order valence-electron chi connectivity index (χ2n) is 7.93. The van der Waals surface area contributed by atoms with Crippen LogP contribution in [-0.4, -0.2) is 0 Å². The minimum Gasteiger partial charge on any atom is -0.756 e. The van der Waals surface area contributed by atoms with E-state index in [0.717, 1.165) is 22.3 Å². The molecule has 0 heterocycles. The van der Waals surface area contributed by atoms with Crippen LogP contribution in [0, 0.1) is 0 Å². The number of hydrogen-bond acceptors (Lipinski definition) is 8. The number of phosphoric acid groups is 2. The third kappa shape index (κ3) is 14.1. The van der Waals surface area contributed by atoms with Crippen molar-refractivity contribution < 1.29 is 56.5 Å². The first-order chi connectivity index (χ1) is 18.3. The molecule has 4 rings (SSSR count). The van der Waals surface area contributed by atoms with E-state index in [0.29, 0.717) is 0 Å². The molecule has 0 atom stereocenters. The third-order valence-electron chi connectivity index (χ3n) is 4.93. The van der Waals surface area contributed by atoms with Crippen molar-refractivity contribution in [3.05, 3.63) is 144 Å². The van der Waals surface area contributed by atoms with Gasteiger partial charge >= 0.3 is 19.5 Å². The van der Waals surface area contributed by atoms with Crippen molar-refractivity contribution in [2.24, 2.45) is 0 Å². The van der Waals surface area contributed by atoms with Crippen molar-refractivity contribution in [3.63, 3.8) is 0 Å². The van der Waals surface area contributed by atoms with E-state index in [4.69, 9.17) is 18.1 Å². The minimum absolute atomic E-state index is 0. The molecule has 0 aliphatic heterocycles. The predicted octanol–water partition coefficient (Wildman–Crippen LogP) is 5.77. The first-order valence-corrected chi connectivity index (χ1v) is 14.6. The molecule has 0 saturated heterocycles. The van der Waals surface area contributed by atoms with Crippen LogP contribution in [0.15, 0.2) is 121 Å². The van der Waals surface area contributed by atoms with Gasteiger partial charge in [-0.25, -0.2) is 0 Å². The Morgan fingerprint density at radius 2 is 0.590 bits per heavy atom. The molecule has 0 saturated carbocycles. The summed E-state index contributed by atoms with van der Waals surface area (Å²) in [6.45, 7) is -0.0698. The van der Waals surface area contributed by atoms with Crippen molar-refractivity contribution in [1.82, 2.24) is 0 Å². The van der Waals surface area contributed by atoms with Gasteiger partial charge in [0.2, 0.25) is 0 Å². The Labute approximate surface area is 241 Å². The van der Waals surface area contributed by atoms with E-state index < -0.39 is 15.6 Å². The van der Waals surface area contributed by atoms with Gasteiger partial charge in [-0.15, -0.1) is 0 Å². The average molecular weight is 620 g/mol. The van der Waals surface area contributed by atoms with Gasteiger partial charge in [0.1, 0.15) is 0 Å². The fourth-order valence-electron chi connectivity index (χ4n) is 2.99. The van der Waals surface area contributed by atoms with Crippen molar-refractivity contribution in [2.45, 2.75) is 26.4 Å². The number of rotatable bonds is 12. The summed E-state index contributed by atoms with van der Waals surface area (Å²) in [6, 6.07) is 36.3. The van der Waals surface area contributed by atoms with E-state index in [1.54, 1.807) is 48.5 Å². The molecule has 39 heavy (non-hydrogen) atoms. The molecule has 4 aromatic rings. The van der Waals surface area contributed by atoms with Crippen molar-refractivity contribution in [1.29, 1.82) is 0 Å². The Morgan fingerprint density at radius 1 is 0.410 bits per heavy atom. The second kappa shape index (κ2) is 17.4. The summed E-state index contributed by atoms with van der Waals surface area (Å²) in [7, 11) is -8.55. The zero-order valence-electron chi connectivity index (χ0n) is 21.2. The fraction of sp³-hybridized carbons (Fsp3) is 0.143. The Morgan fingerprint density at radius 3 is 0.769 bits per heavy atom. The molecule has 0 aliphatic rings. The van der Waals surface area contributed by atoms with Crippen LogP contribution in [0.25, 0.3) is 0 Å². The smallest absolute Gasteiger partial charge is 0.756 e. The summed E-state index contributed by atoms with van der Waals surface area (Å²) in [5, 5.41) is 0. The maximum atomic E-state index is 11.6. The molecule has 8 nitrogen and oxygen atoms in total.